The maximum atomic E-state index is 11.9. The number of methoxy groups -OCH3 is 1. The Labute approximate surface area is 126 Å². The third kappa shape index (κ3) is 5.04. The highest BCUT2D eigenvalue weighted by atomic mass is 16.5. The molecule has 0 aromatic heterocycles. The fraction of sp³-hybridized carbons (Fsp3) is 0.278. The van der Waals surface area contributed by atoms with E-state index < -0.39 is 0 Å². The fourth-order valence-corrected chi connectivity index (χ4v) is 2.27. The normalized spacial score (nSPS) is 11.9. The molecule has 3 heteroatoms. The number of carbonyl (C=O) groups is 1. The molecule has 3 nitrogen and oxygen atoms in total. The zero-order chi connectivity index (χ0) is 14.9. The predicted molar refractivity (Wildman–Crippen MR) is 84.1 cm³/mol. The van der Waals surface area contributed by atoms with Gasteiger partial charge in [-0.2, -0.15) is 0 Å². The Morgan fingerprint density at radius 1 is 1.00 bits per heavy atom. The lowest BCUT2D eigenvalue weighted by Crippen LogP contribution is -2.40. The second-order valence-corrected chi connectivity index (χ2v) is 4.96. The van der Waals surface area contributed by atoms with Gasteiger partial charge < -0.3 is 10.1 Å². The highest BCUT2D eigenvalue weighted by molar-refractivity contribution is 5.76. The average Bonchev–Trinajstić information content (AvgIpc) is 2.55. The molecule has 2 aromatic rings. The van der Waals surface area contributed by atoms with Crippen LogP contribution in [-0.4, -0.2) is 25.7 Å². The summed E-state index contributed by atoms with van der Waals surface area (Å²) in [5, 5.41) is 3.29. The molecule has 1 N–H and O–H groups in total. The molecular formula is C18H21NO2. The SMILES string of the molecule is COC(=O)[C@H](Cc1ccccc1)NCCc1ccccc1. The Morgan fingerprint density at radius 3 is 2.14 bits per heavy atom. The Hall–Kier alpha value is -2.13. The third-order valence-electron chi connectivity index (χ3n) is 3.42. The number of hydrogen-bond donors (Lipinski definition) is 1. The number of ether oxygens (including phenoxy) is 1. The van der Waals surface area contributed by atoms with Gasteiger partial charge >= 0.3 is 5.97 Å². The van der Waals surface area contributed by atoms with Gasteiger partial charge in [-0.25, -0.2) is 0 Å². The first kappa shape index (κ1) is 15.3. The van der Waals surface area contributed by atoms with E-state index in [1.54, 1.807) is 0 Å². The van der Waals surface area contributed by atoms with Crippen LogP contribution in [0.2, 0.25) is 0 Å². The highest BCUT2D eigenvalue weighted by Gasteiger charge is 2.18. The van der Waals surface area contributed by atoms with Gasteiger partial charge in [0, 0.05) is 0 Å². The van der Waals surface area contributed by atoms with Gasteiger partial charge in [0.05, 0.1) is 7.11 Å². The van der Waals surface area contributed by atoms with Gasteiger partial charge in [-0.05, 0) is 30.5 Å². The molecule has 0 heterocycles. The van der Waals surface area contributed by atoms with Crippen LogP contribution in [0, 0.1) is 0 Å². The lowest BCUT2D eigenvalue weighted by molar-refractivity contribution is -0.143. The minimum absolute atomic E-state index is 0.216. The molecule has 0 fully saturated rings. The molecule has 2 rings (SSSR count). The van der Waals surface area contributed by atoms with Crippen molar-refractivity contribution in [3.05, 3.63) is 71.8 Å². The molecule has 1 atom stereocenters. The number of benzene rings is 2. The topological polar surface area (TPSA) is 38.3 Å². The standard InChI is InChI=1S/C18H21NO2/c1-21-18(20)17(14-16-10-6-3-7-11-16)19-13-12-15-8-4-2-5-9-15/h2-11,17,19H,12-14H2,1H3/t17-/m0/s1. The van der Waals surface area contributed by atoms with Crippen LogP contribution >= 0.6 is 0 Å². The number of hydrogen-bond acceptors (Lipinski definition) is 3. The number of nitrogens with one attached hydrogen (secondary N) is 1. The summed E-state index contributed by atoms with van der Waals surface area (Å²) in [6.07, 6.45) is 1.53. The molecule has 0 saturated carbocycles. The maximum absolute atomic E-state index is 11.9. The summed E-state index contributed by atoms with van der Waals surface area (Å²) < 4.78 is 4.89. The molecule has 0 aliphatic heterocycles. The zero-order valence-electron chi connectivity index (χ0n) is 12.3. The van der Waals surface area contributed by atoms with E-state index in [0.717, 1.165) is 18.5 Å². The predicted octanol–water partition coefficient (Wildman–Crippen LogP) is 2.60. The van der Waals surface area contributed by atoms with Gasteiger partial charge in [-0.1, -0.05) is 60.7 Å². The monoisotopic (exact) mass is 283 g/mol. The summed E-state index contributed by atoms with van der Waals surface area (Å²) in [7, 11) is 1.43. The molecule has 0 aliphatic carbocycles. The van der Waals surface area contributed by atoms with Crippen molar-refractivity contribution in [1.82, 2.24) is 5.32 Å². The van der Waals surface area contributed by atoms with Crippen LogP contribution in [0.25, 0.3) is 0 Å². The second kappa shape index (κ2) is 8.22. The maximum Gasteiger partial charge on any atom is 0.323 e. The number of esters is 1. The van der Waals surface area contributed by atoms with Gasteiger partial charge in [0.1, 0.15) is 6.04 Å². The minimum Gasteiger partial charge on any atom is -0.468 e. The summed E-state index contributed by atoms with van der Waals surface area (Å²) in [5.41, 5.74) is 2.38. The van der Waals surface area contributed by atoms with E-state index in [2.05, 4.69) is 17.4 Å². The first-order valence-corrected chi connectivity index (χ1v) is 7.18. The van der Waals surface area contributed by atoms with Crippen molar-refractivity contribution in [2.75, 3.05) is 13.7 Å². The molecule has 110 valence electrons. The summed E-state index contributed by atoms with van der Waals surface area (Å²) in [6, 6.07) is 19.9. The van der Waals surface area contributed by atoms with E-state index in [4.69, 9.17) is 4.74 Å². The molecule has 0 amide bonds. The van der Waals surface area contributed by atoms with Crippen molar-refractivity contribution in [3.63, 3.8) is 0 Å². The highest BCUT2D eigenvalue weighted by Crippen LogP contribution is 2.05. The molecule has 0 radical (unpaired) electrons. The summed E-state index contributed by atoms with van der Waals surface area (Å²) in [6.45, 7) is 0.747. The Kier molecular flexibility index (Phi) is 5.98. The minimum atomic E-state index is -0.305. The molecule has 0 aliphatic rings. The van der Waals surface area contributed by atoms with Gasteiger partial charge in [0.2, 0.25) is 0 Å². The van der Waals surface area contributed by atoms with Crippen molar-refractivity contribution in [2.45, 2.75) is 18.9 Å². The average molecular weight is 283 g/mol. The van der Waals surface area contributed by atoms with Crippen LogP contribution in [0.1, 0.15) is 11.1 Å². The lowest BCUT2D eigenvalue weighted by atomic mass is 10.1. The van der Waals surface area contributed by atoms with E-state index in [0.29, 0.717) is 6.42 Å². The van der Waals surface area contributed by atoms with Crippen LogP contribution < -0.4 is 5.32 Å². The van der Waals surface area contributed by atoms with Crippen LogP contribution in [-0.2, 0) is 22.4 Å². The molecule has 0 bridgehead atoms. The molecule has 2 aromatic carbocycles. The summed E-state index contributed by atoms with van der Waals surface area (Å²) >= 11 is 0. The van der Waals surface area contributed by atoms with E-state index in [-0.39, 0.29) is 12.0 Å². The molecule has 0 spiro atoms. The van der Waals surface area contributed by atoms with E-state index in [9.17, 15) is 4.79 Å². The lowest BCUT2D eigenvalue weighted by Gasteiger charge is -2.16. The molecule has 21 heavy (non-hydrogen) atoms. The molecule has 0 saturated heterocycles. The fourth-order valence-electron chi connectivity index (χ4n) is 2.27. The molecular weight excluding hydrogens is 262 g/mol. The number of rotatable bonds is 7. The van der Waals surface area contributed by atoms with Crippen LogP contribution in [0.15, 0.2) is 60.7 Å². The summed E-state index contributed by atoms with van der Waals surface area (Å²) in [4.78, 5) is 11.9. The Morgan fingerprint density at radius 2 is 1.57 bits per heavy atom. The zero-order valence-corrected chi connectivity index (χ0v) is 12.3. The van der Waals surface area contributed by atoms with Gasteiger partial charge in [0.15, 0.2) is 0 Å². The van der Waals surface area contributed by atoms with Crippen molar-refractivity contribution in [3.8, 4) is 0 Å². The van der Waals surface area contributed by atoms with Crippen LogP contribution in [0.5, 0.6) is 0 Å². The second-order valence-electron chi connectivity index (χ2n) is 4.96. The van der Waals surface area contributed by atoms with Gasteiger partial charge in [-0.3, -0.25) is 4.79 Å². The van der Waals surface area contributed by atoms with Crippen LogP contribution in [0.4, 0.5) is 0 Å². The quantitative estimate of drug-likeness (QED) is 0.794. The van der Waals surface area contributed by atoms with E-state index in [1.165, 1.54) is 12.7 Å². The first-order valence-electron chi connectivity index (χ1n) is 7.18. The Bertz CT molecular complexity index is 540. The van der Waals surface area contributed by atoms with Gasteiger partial charge in [-0.15, -0.1) is 0 Å². The van der Waals surface area contributed by atoms with Crippen molar-refractivity contribution < 1.29 is 9.53 Å². The number of carbonyl (C=O) groups excluding carboxylic acids is 1. The summed E-state index contributed by atoms with van der Waals surface area (Å²) in [5.74, 6) is -0.216. The van der Waals surface area contributed by atoms with Crippen molar-refractivity contribution in [2.24, 2.45) is 0 Å². The van der Waals surface area contributed by atoms with E-state index >= 15 is 0 Å². The largest absolute Gasteiger partial charge is 0.468 e. The van der Waals surface area contributed by atoms with Crippen LogP contribution in [0.3, 0.4) is 0 Å². The first-order chi connectivity index (χ1) is 10.3. The third-order valence-corrected chi connectivity index (χ3v) is 3.42. The van der Waals surface area contributed by atoms with Gasteiger partial charge in [0.25, 0.3) is 0 Å². The van der Waals surface area contributed by atoms with Crippen molar-refractivity contribution in [1.29, 1.82) is 0 Å². The van der Waals surface area contributed by atoms with E-state index in [1.807, 2.05) is 48.5 Å². The Balaban J connectivity index is 1.89. The smallest absolute Gasteiger partial charge is 0.323 e. The van der Waals surface area contributed by atoms with Crippen molar-refractivity contribution >= 4 is 5.97 Å². The molecule has 0 unspecified atom stereocenters.